The van der Waals surface area contributed by atoms with Crippen LogP contribution in [0.3, 0.4) is 0 Å². The van der Waals surface area contributed by atoms with Crippen LogP contribution in [-0.2, 0) is 0 Å². The molecule has 0 radical (unpaired) electrons. The second kappa shape index (κ2) is 3.98. The van der Waals surface area contributed by atoms with Crippen molar-refractivity contribution in [2.75, 3.05) is 0 Å². The lowest BCUT2D eigenvalue weighted by molar-refractivity contribution is 1.20. The summed E-state index contributed by atoms with van der Waals surface area (Å²) in [6.07, 6.45) is 5.55. The number of pyridine rings is 2. The maximum atomic E-state index is 4.35. The number of fused-ring (bicyclic) bond motifs is 1. The van der Waals surface area contributed by atoms with Gasteiger partial charge in [-0.2, -0.15) is 0 Å². The normalized spacial score (nSPS) is 10.6. The Morgan fingerprint density at radius 1 is 0.882 bits per heavy atom. The van der Waals surface area contributed by atoms with Gasteiger partial charge in [0.1, 0.15) is 0 Å². The summed E-state index contributed by atoms with van der Waals surface area (Å²) in [5, 5.41) is 2.38. The first-order valence-corrected chi connectivity index (χ1v) is 5.61. The first-order chi connectivity index (χ1) is 8.36. The highest BCUT2D eigenvalue weighted by atomic mass is 14.7. The Balaban J connectivity index is 2.35. The van der Waals surface area contributed by atoms with Crippen molar-refractivity contribution in [3.63, 3.8) is 0 Å². The molecule has 82 valence electrons. The summed E-state index contributed by atoms with van der Waals surface area (Å²) in [6.45, 7) is 2.04. The van der Waals surface area contributed by atoms with Gasteiger partial charge >= 0.3 is 0 Å². The van der Waals surface area contributed by atoms with Crippen molar-refractivity contribution in [3.05, 3.63) is 60.7 Å². The van der Waals surface area contributed by atoms with Gasteiger partial charge in [-0.1, -0.05) is 24.3 Å². The molecular formula is C15H12N2. The molecule has 0 fully saturated rings. The molecule has 2 nitrogen and oxygen atoms in total. The molecule has 0 saturated carbocycles. The van der Waals surface area contributed by atoms with Crippen molar-refractivity contribution >= 4 is 10.8 Å². The second-order valence-electron chi connectivity index (χ2n) is 4.04. The first-order valence-electron chi connectivity index (χ1n) is 5.61. The van der Waals surface area contributed by atoms with E-state index in [-0.39, 0.29) is 0 Å². The molecule has 0 bridgehead atoms. The summed E-state index contributed by atoms with van der Waals surface area (Å²) in [5.74, 6) is 0. The lowest BCUT2D eigenvalue weighted by atomic mass is 9.99. The van der Waals surface area contributed by atoms with E-state index in [2.05, 4.69) is 40.3 Å². The van der Waals surface area contributed by atoms with Gasteiger partial charge in [0.2, 0.25) is 0 Å². The Kier molecular flexibility index (Phi) is 2.33. The summed E-state index contributed by atoms with van der Waals surface area (Å²) in [7, 11) is 0. The van der Waals surface area contributed by atoms with Crippen molar-refractivity contribution in [2.24, 2.45) is 0 Å². The maximum Gasteiger partial charge on any atom is 0.0451 e. The third kappa shape index (κ3) is 1.68. The monoisotopic (exact) mass is 220 g/mol. The molecule has 3 aromatic rings. The zero-order chi connectivity index (χ0) is 11.7. The molecule has 2 aromatic heterocycles. The molecule has 0 saturated heterocycles. The number of hydrogen-bond donors (Lipinski definition) is 0. The van der Waals surface area contributed by atoms with E-state index in [4.69, 9.17) is 0 Å². The minimum Gasteiger partial charge on any atom is -0.264 e. The predicted molar refractivity (Wildman–Crippen MR) is 69.7 cm³/mol. The summed E-state index contributed by atoms with van der Waals surface area (Å²) in [4.78, 5) is 8.50. The molecule has 0 N–H and O–H groups in total. The van der Waals surface area contributed by atoms with Gasteiger partial charge in [-0.15, -0.1) is 0 Å². The minimum atomic E-state index is 1.05. The average Bonchev–Trinajstić information content (AvgIpc) is 2.39. The number of benzene rings is 1. The smallest absolute Gasteiger partial charge is 0.0451 e. The van der Waals surface area contributed by atoms with Gasteiger partial charge in [-0.05, 0) is 30.0 Å². The molecule has 0 aliphatic heterocycles. The zero-order valence-corrected chi connectivity index (χ0v) is 9.59. The molecule has 0 amide bonds. The Labute approximate surface area is 100.0 Å². The molecule has 2 heteroatoms. The summed E-state index contributed by atoms with van der Waals surface area (Å²) >= 11 is 0. The fourth-order valence-corrected chi connectivity index (χ4v) is 2.13. The molecule has 17 heavy (non-hydrogen) atoms. The van der Waals surface area contributed by atoms with Crippen LogP contribution in [-0.4, -0.2) is 9.97 Å². The standard InChI is InChI=1S/C15H12N2/c1-11-13(6-3-8-17-11)15-5-2-4-12-10-16-9-7-14(12)15/h2-10H,1H3. The van der Waals surface area contributed by atoms with Crippen LogP contribution in [0.2, 0.25) is 0 Å². The fraction of sp³-hybridized carbons (Fsp3) is 0.0667. The molecule has 2 heterocycles. The van der Waals surface area contributed by atoms with E-state index in [1.54, 1.807) is 0 Å². The van der Waals surface area contributed by atoms with Crippen LogP contribution < -0.4 is 0 Å². The van der Waals surface area contributed by atoms with E-state index in [9.17, 15) is 0 Å². The highest BCUT2D eigenvalue weighted by Crippen LogP contribution is 2.29. The Morgan fingerprint density at radius 3 is 2.65 bits per heavy atom. The molecule has 3 rings (SSSR count). The lowest BCUT2D eigenvalue weighted by Crippen LogP contribution is -1.88. The van der Waals surface area contributed by atoms with Gasteiger partial charge in [-0.25, -0.2) is 0 Å². The molecule has 0 atom stereocenters. The molecule has 0 aliphatic carbocycles. The summed E-state index contributed by atoms with van der Waals surface area (Å²) in [5.41, 5.74) is 3.46. The van der Waals surface area contributed by atoms with Crippen LogP contribution in [0.1, 0.15) is 5.69 Å². The third-order valence-corrected chi connectivity index (χ3v) is 2.98. The van der Waals surface area contributed by atoms with Crippen LogP contribution >= 0.6 is 0 Å². The van der Waals surface area contributed by atoms with Crippen molar-refractivity contribution in [3.8, 4) is 11.1 Å². The predicted octanol–water partition coefficient (Wildman–Crippen LogP) is 3.61. The minimum absolute atomic E-state index is 1.05. The van der Waals surface area contributed by atoms with Crippen molar-refractivity contribution in [1.29, 1.82) is 0 Å². The van der Waals surface area contributed by atoms with E-state index in [0.717, 1.165) is 11.1 Å². The van der Waals surface area contributed by atoms with E-state index in [1.807, 2.05) is 31.6 Å². The molecule has 0 spiro atoms. The number of nitrogens with zero attached hydrogens (tertiary/aromatic N) is 2. The van der Waals surface area contributed by atoms with Crippen LogP contribution in [0.25, 0.3) is 21.9 Å². The van der Waals surface area contributed by atoms with Crippen LogP contribution in [0.5, 0.6) is 0 Å². The number of rotatable bonds is 1. The molecular weight excluding hydrogens is 208 g/mol. The Morgan fingerprint density at radius 2 is 1.76 bits per heavy atom. The van der Waals surface area contributed by atoms with Crippen LogP contribution in [0.15, 0.2) is 55.0 Å². The lowest BCUT2D eigenvalue weighted by Gasteiger charge is -2.08. The van der Waals surface area contributed by atoms with E-state index in [0.29, 0.717) is 0 Å². The number of aryl methyl sites for hydroxylation is 1. The van der Waals surface area contributed by atoms with Gasteiger partial charge < -0.3 is 0 Å². The van der Waals surface area contributed by atoms with Crippen molar-refractivity contribution in [2.45, 2.75) is 6.92 Å². The van der Waals surface area contributed by atoms with Gasteiger partial charge in [0.15, 0.2) is 0 Å². The van der Waals surface area contributed by atoms with Crippen molar-refractivity contribution < 1.29 is 0 Å². The van der Waals surface area contributed by atoms with Gasteiger partial charge in [-0.3, -0.25) is 9.97 Å². The number of hydrogen-bond acceptors (Lipinski definition) is 2. The third-order valence-electron chi connectivity index (χ3n) is 2.98. The van der Waals surface area contributed by atoms with Crippen LogP contribution in [0.4, 0.5) is 0 Å². The largest absolute Gasteiger partial charge is 0.264 e. The second-order valence-corrected chi connectivity index (χ2v) is 4.04. The topological polar surface area (TPSA) is 25.8 Å². The molecule has 0 aliphatic rings. The number of aromatic nitrogens is 2. The zero-order valence-electron chi connectivity index (χ0n) is 9.59. The SMILES string of the molecule is Cc1ncccc1-c1cccc2cnccc12. The highest BCUT2D eigenvalue weighted by molar-refractivity contribution is 5.96. The van der Waals surface area contributed by atoms with Crippen molar-refractivity contribution in [1.82, 2.24) is 9.97 Å². The van der Waals surface area contributed by atoms with Gasteiger partial charge in [0.25, 0.3) is 0 Å². The average molecular weight is 220 g/mol. The van der Waals surface area contributed by atoms with Crippen LogP contribution in [0, 0.1) is 6.92 Å². The van der Waals surface area contributed by atoms with E-state index < -0.39 is 0 Å². The van der Waals surface area contributed by atoms with Gasteiger partial charge in [0, 0.05) is 35.2 Å². The fourth-order valence-electron chi connectivity index (χ4n) is 2.13. The van der Waals surface area contributed by atoms with E-state index >= 15 is 0 Å². The highest BCUT2D eigenvalue weighted by Gasteiger charge is 2.05. The maximum absolute atomic E-state index is 4.35. The summed E-state index contributed by atoms with van der Waals surface area (Å²) < 4.78 is 0. The molecule has 1 aromatic carbocycles. The van der Waals surface area contributed by atoms with Gasteiger partial charge in [0.05, 0.1) is 0 Å². The quantitative estimate of drug-likeness (QED) is 0.626. The Bertz CT molecular complexity index is 669. The molecule has 0 unspecified atom stereocenters. The summed E-state index contributed by atoms with van der Waals surface area (Å²) in [6, 6.07) is 12.4. The Hall–Kier alpha value is -2.22. The first kappa shape index (κ1) is 9.97. The van der Waals surface area contributed by atoms with E-state index in [1.165, 1.54) is 16.5 Å².